The first-order chi connectivity index (χ1) is 17.4. The van der Waals surface area contributed by atoms with Gasteiger partial charge in [-0.05, 0) is 62.4 Å². The molecule has 8 nitrogen and oxygen atoms in total. The van der Waals surface area contributed by atoms with Gasteiger partial charge in [0.2, 0.25) is 0 Å². The number of amides is 2. The first-order valence-corrected chi connectivity index (χ1v) is 11.8. The number of hydrogen-bond acceptors (Lipinski definition) is 5. The number of rotatable bonds is 8. The van der Waals surface area contributed by atoms with E-state index in [4.69, 9.17) is 4.74 Å². The fourth-order valence-corrected chi connectivity index (χ4v) is 4.15. The molecule has 4 rings (SSSR count). The number of para-hydroxylation sites is 2. The highest BCUT2D eigenvalue weighted by Crippen LogP contribution is 2.19. The average molecular weight is 486 g/mol. The summed E-state index contributed by atoms with van der Waals surface area (Å²) in [7, 11) is 0. The molecule has 184 valence electrons. The number of aromatic nitrogens is 1. The van der Waals surface area contributed by atoms with Gasteiger partial charge in [-0.15, -0.1) is 0 Å². The lowest BCUT2D eigenvalue weighted by molar-refractivity contribution is -0.147. The number of ether oxygens (including phenoxy) is 1. The smallest absolute Gasteiger partial charge is 0.326 e. The van der Waals surface area contributed by atoms with Gasteiger partial charge < -0.3 is 19.5 Å². The van der Waals surface area contributed by atoms with Crippen LogP contribution in [-0.2, 0) is 20.9 Å². The Morgan fingerprint density at radius 1 is 0.833 bits per heavy atom. The fourth-order valence-electron chi connectivity index (χ4n) is 4.15. The van der Waals surface area contributed by atoms with E-state index in [1.54, 1.807) is 82.3 Å². The Hall–Kier alpha value is -4.46. The molecule has 0 saturated heterocycles. The van der Waals surface area contributed by atoms with Crippen LogP contribution in [0.15, 0.2) is 77.6 Å². The topological polar surface area (TPSA) is 97.7 Å². The minimum absolute atomic E-state index is 0.0747. The molecular weight excluding hydrogens is 458 g/mol. The highest BCUT2D eigenvalue weighted by Gasteiger charge is 2.15. The second-order valence-corrected chi connectivity index (χ2v) is 8.21. The molecule has 0 bridgehead atoms. The molecule has 1 aromatic heterocycles. The maximum absolute atomic E-state index is 12.8. The van der Waals surface area contributed by atoms with E-state index in [2.05, 4.69) is 5.32 Å². The van der Waals surface area contributed by atoms with Crippen molar-refractivity contribution in [2.45, 2.75) is 20.4 Å². The highest BCUT2D eigenvalue weighted by molar-refractivity contribution is 5.97. The molecule has 36 heavy (non-hydrogen) atoms. The highest BCUT2D eigenvalue weighted by atomic mass is 16.5. The number of esters is 1. The number of benzene rings is 3. The SMILES string of the molecule is CCN(CC)C(=O)c1ccc(NC(=O)COC(=O)Cn2c3ccccc3c(=O)c3ccccc32)cc1. The molecule has 0 fully saturated rings. The molecule has 0 unspecified atom stereocenters. The normalized spacial score (nSPS) is 10.8. The Morgan fingerprint density at radius 3 is 1.94 bits per heavy atom. The van der Waals surface area contributed by atoms with Crippen LogP contribution >= 0.6 is 0 Å². The second-order valence-electron chi connectivity index (χ2n) is 8.21. The lowest BCUT2D eigenvalue weighted by atomic mass is 10.1. The van der Waals surface area contributed by atoms with Crippen LogP contribution in [0.5, 0.6) is 0 Å². The molecule has 0 saturated carbocycles. The van der Waals surface area contributed by atoms with Gasteiger partial charge in [-0.25, -0.2) is 0 Å². The third kappa shape index (κ3) is 5.12. The molecule has 0 aliphatic heterocycles. The van der Waals surface area contributed by atoms with Crippen molar-refractivity contribution in [3.05, 3.63) is 88.6 Å². The van der Waals surface area contributed by atoms with Crippen LogP contribution in [0.25, 0.3) is 21.8 Å². The monoisotopic (exact) mass is 485 g/mol. The summed E-state index contributed by atoms with van der Waals surface area (Å²) in [6.07, 6.45) is 0. The molecule has 3 aromatic carbocycles. The Balaban J connectivity index is 1.41. The van der Waals surface area contributed by atoms with Crippen molar-refractivity contribution in [2.24, 2.45) is 0 Å². The van der Waals surface area contributed by atoms with Gasteiger partial charge in [-0.3, -0.25) is 19.2 Å². The molecule has 1 heterocycles. The molecule has 0 aliphatic rings. The Bertz CT molecular complexity index is 1430. The van der Waals surface area contributed by atoms with Crippen molar-refractivity contribution in [3.8, 4) is 0 Å². The summed E-state index contributed by atoms with van der Waals surface area (Å²) in [6, 6.07) is 20.7. The number of hydrogen-bond donors (Lipinski definition) is 1. The Morgan fingerprint density at radius 2 is 1.39 bits per heavy atom. The van der Waals surface area contributed by atoms with Gasteiger partial charge in [0.15, 0.2) is 12.0 Å². The van der Waals surface area contributed by atoms with Crippen LogP contribution in [0.3, 0.4) is 0 Å². The number of nitrogens with one attached hydrogen (secondary N) is 1. The summed E-state index contributed by atoms with van der Waals surface area (Å²) in [5, 5.41) is 3.67. The van der Waals surface area contributed by atoms with Gasteiger partial charge in [0, 0.05) is 35.1 Å². The third-order valence-corrected chi connectivity index (χ3v) is 6.00. The largest absolute Gasteiger partial charge is 0.454 e. The number of fused-ring (bicyclic) bond motifs is 2. The van der Waals surface area contributed by atoms with E-state index < -0.39 is 18.5 Å². The minimum atomic E-state index is -0.607. The number of carbonyl (C=O) groups excluding carboxylic acids is 3. The summed E-state index contributed by atoms with van der Waals surface area (Å²) < 4.78 is 6.94. The molecule has 8 heteroatoms. The lowest BCUT2D eigenvalue weighted by Crippen LogP contribution is -2.30. The van der Waals surface area contributed by atoms with Crippen LogP contribution in [0.2, 0.25) is 0 Å². The maximum atomic E-state index is 12.8. The van der Waals surface area contributed by atoms with Crippen molar-refractivity contribution in [1.82, 2.24) is 9.47 Å². The van der Waals surface area contributed by atoms with Crippen molar-refractivity contribution in [3.63, 3.8) is 0 Å². The Kier molecular flexibility index (Phi) is 7.44. The second kappa shape index (κ2) is 10.9. The van der Waals surface area contributed by atoms with Crippen molar-refractivity contribution in [2.75, 3.05) is 25.0 Å². The first-order valence-electron chi connectivity index (χ1n) is 11.8. The van der Waals surface area contributed by atoms with Gasteiger partial charge in [-0.1, -0.05) is 24.3 Å². The van der Waals surface area contributed by atoms with E-state index >= 15 is 0 Å². The Labute approximate surface area is 208 Å². The summed E-state index contributed by atoms with van der Waals surface area (Å²) in [6.45, 7) is 4.44. The predicted molar refractivity (Wildman–Crippen MR) is 139 cm³/mol. The fraction of sp³-hybridized carbons (Fsp3) is 0.214. The van der Waals surface area contributed by atoms with Crippen LogP contribution < -0.4 is 10.7 Å². The number of pyridine rings is 1. The van der Waals surface area contributed by atoms with Crippen molar-refractivity contribution >= 4 is 45.3 Å². The molecule has 0 atom stereocenters. The molecule has 4 aromatic rings. The van der Waals surface area contributed by atoms with Gasteiger partial charge in [0.05, 0.1) is 11.0 Å². The summed E-state index contributed by atoms with van der Waals surface area (Å²) in [5.74, 6) is -1.18. The summed E-state index contributed by atoms with van der Waals surface area (Å²) in [4.78, 5) is 51.9. The number of carbonyl (C=O) groups is 3. The van der Waals surface area contributed by atoms with Crippen molar-refractivity contribution in [1.29, 1.82) is 0 Å². The van der Waals surface area contributed by atoms with E-state index in [1.165, 1.54) is 0 Å². The lowest BCUT2D eigenvalue weighted by Gasteiger charge is -2.18. The van der Waals surface area contributed by atoms with E-state index in [0.29, 0.717) is 46.1 Å². The van der Waals surface area contributed by atoms with Crippen LogP contribution in [-0.4, -0.2) is 46.9 Å². The molecule has 2 amide bonds. The van der Waals surface area contributed by atoms with E-state index in [1.807, 2.05) is 13.8 Å². The zero-order chi connectivity index (χ0) is 25.7. The number of nitrogens with zero attached hydrogens (tertiary/aromatic N) is 2. The molecule has 1 N–H and O–H groups in total. The van der Waals surface area contributed by atoms with Gasteiger partial charge in [0.1, 0.15) is 6.54 Å². The van der Waals surface area contributed by atoms with E-state index in [9.17, 15) is 19.2 Å². The van der Waals surface area contributed by atoms with Gasteiger partial charge in [0.25, 0.3) is 11.8 Å². The minimum Gasteiger partial charge on any atom is -0.454 e. The molecule has 0 spiro atoms. The zero-order valence-corrected chi connectivity index (χ0v) is 20.2. The van der Waals surface area contributed by atoms with Gasteiger partial charge in [-0.2, -0.15) is 0 Å². The third-order valence-electron chi connectivity index (χ3n) is 6.00. The van der Waals surface area contributed by atoms with Crippen LogP contribution in [0.1, 0.15) is 24.2 Å². The first kappa shape index (κ1) is 24.7. The maximum Gasteiger partial charge on any atom is 0.326 e. The van der Waals surface area contributed by atoms with Gasteiger partial charge >= 0.3 is 5.97 Å². The predicted octanol–water partition coefficient (Wildman–Crippen LogP) is 3.82. The van der Waals surface area contributed by atoms with Crippen LogP contribution in [0.4, 0.5) is 5.69 Å². The standard InChI is InChI=1S/C28H27N3O5/c1-3-30(4-2)28(35)19-13-15-20(16-14-19)29-25(32)18-36-26(33)17-31-23-11-7-5-9-21(23)27(34)22-10-6-8-12-24(22)31/h5-16H,3-4,17-18H2,1-2H3,(H,29,32). The van der Waals surface area contributed by atoms with E-state index in [0.717, 1.165) is 0 Å². The molecule has 0 radical (unpaired) electrons. The summed E-state index contributed by atoms with van der Waals surface area (Å²) in [5.41, 5.74) is 2.15. The molecule has 0 aliphatic carbocycles. The molecular formula is C28H27N3O5. The van der Waals surface area contributed by atoms with E-state index in [-0.39, 0.29) is 17.9 Å². The average Bonchev–Trinajstić information content (AvgIpc) is 2.91. The summed E-state index contributed by atoms with van der Waals surface area (Å²) >= 11 is 0. The van der Waals surface area contributed by atoms with Crippen molar-refractivity contribution < 1.29 is 19.1 Å². The quantitative estimate of drug-likeness (QED) is 0.302. The van der Waals surface area contributed by atoms with Crippen LogP contribution in [0, 0.1) is 0 Å². The zero-order valence-electron chi connectivity index (χ0n) is 20.2. The number of anilines is 1.